The van der Waals surface area contributed by atoms with Crippen molar-refractivity contribution in [1.29, 1.82) is 0 Å². The third-order valence-corrected chi connectivity index (χ3v) is 3.72. The fraction of sp³-hybridized carbons (Fsp3) is 0.800. The molecule has 0 saturated heterocycles. The minimum absolute atomic E-state index is 0.0858. The van der Waals surface area contributed by atoms with Gasteiger partial charge in [-0.05, 0) is 5.92 Å². The van der Waals surface area contributed by atoms with E-state index in [1.807, 2.05) is 13.8 Å². The van der Waals surface area contributed by atoms with Gasteiger partial charge in [-0.3, -0.25) is 0 Å². The molecule has 90 valence electrons. The van der Waals surface area contributed by atoms with E-state index < -0.39 is 16.1 Å². The van der Waals surface area contributed by atoms with E-state index in [0.717, 1.165) is 12.8 Å². The van der Waals surface area contributed by atoms with E-state index >= 15 is 0 Å². The largest absolute Gasteiger partial charge is 0.391 e. The van der Waals surface area contributed by atoms with Crippen molar-refractivity contribution in [3.8, 4) is 0 Å². The van der Waals surface area contributed by atoms with Gasteiger partial charge in [0.2, 0.25) is 10.0 Å². The maximum Gasteiger partial charge on any atom is 0.215 e. The van der Waals surface area contributed by atoms with Crippen LogP contribution in [-0.4, -0.2) is 31.9 Å². The zero-order chi connectivity index (χ0) is 11.9. The normalized spacial score (nSPS) is 14.1. The Labute approximate surface area is 92.4 Å². The second-order valence-corrected chi connectivity index (χ2v) is 5.41. The molecule has 15 heavy (non-hydrogen) atoms. The minimum Gasteiger partial charge on any atom is -0.391 e. The smallest absolute Gasteiger partial charge is 0.215 e. The van der Waals surface area contributed by atoms with Crippen LogP contribution in [0.5, 0.6) is 0 Å². The Morgan fingerprint density at radius 2 is 1.93 bits per heavy atom. The number of sulfonamides is 1. The van der Waals surface area contributed by atoms with Gasteiger partial charge < -0.3 is 5.11 Å². The Bertz CT molecular complexity index is 270. The molecule has 0 bridgehead atoms. The molecule has 5 heteroatoms. The van der Waals surface area contributed by atoms with Gasteiger partial charge in [-0.25, -0.2) is 13.1 Å². The fourth-order valence-electron chi connectivity index (χ4n) is 1.43. The van der Waals surface area contributed by atoms with Crippen molar-refractivity contribution in [2.45, 2.75) is 32.8 Å². The average Bonchev–Trinajstić information content (AvgIpc) is 2.17. The predicted octanol–water partition coefficient (Wildman–Crippen LogP) is 0.889. The van der Waals surface area contributed by atoms with E-state index in [-0.39, 0.29) is 18.2 Å². The van der Waals surface area contributed by atoms with Crippen molar-refractivity contribution in [2.75, 3.05) is 12.3 Å². The summed E-state index contributed by atoms with van der Waals surface area (Å²) >= 11 is 0. The second kappa shape index (κ2) is 6.98. The van der Waals surface area contributed by atoms with Gasteiger partial charge in [-0.2, -0.15) is 0 Å². The van der Waals surface area contributed by atoms with Gasteiger partial charge in [0, 0.05) is 6.54 Å². The molecular weight excluding hydrogens is 214 g/mol. The maximum absolute atomic E-state index is 11.2. The van der Waals surface area contributed by atoms with Crippen LogP contribution < -0.4 is 4.72 Å². The first kappa shape index (κ1) is 14.6. The molecule has 0 aromatic rings. The Balaban J connectivity index is 4.09. The molecule has 0 radical (unpaired) electrons. The van der Waals surface area contributed by atoms with Crippen LogP contribution in [-0.2, 0) is 10.0 Å². The van der Waals surface area contributed by atoms with Crippen LogP contribution in [0.15, 0.2) is 12.7 Å². The van der Waals surface area contributed by atoms with E-state index in [9.17, 15) is 13.5 Å². The molecule has 0 aromatic carbocycles. The van der Waals surface area contributed by atoms with Gasteiger partial charge in [0.05, 0.1) is 11.9 Å². The maximum atomic E-state index is 11.2. The van der Waals surface area contributed by atoms with Crippen LogP contribution in [0.1, 0.15) is 26.7 Å². The number of aliphatic hydroxyl groups excluding tert-OH is 1. The average molecular weight is 235 g/mol. The highest BCUT2D eigenvalue weighted by atomic mass is 32.2. The van der Waals surface area contributed by atoms with Crippen LogP contribution in [0.2, 0.25) is 0 Å². The Hall–Kier alpha value is -0.390. The van der Waals surface area contributed by atoms with E-state index in [0.29, 0.717) is 0 Å². The molecule has 2 N–H and O–H groups in total. The number of rotatable bonds is 8. The third-order valence-electron chi connectivity index (χ3n) is 2.44. The lowest BCUT2D eigenvalue weighted by Gasteiger charge is -2.20. The molecule has 0 heterocycles. The van der Waals surface area contributed by atoms with Crippen molar-refractivity contribution < 1.29 is 13.5 Å². The van der Waals surface area contributed by atoms with E-state index in [4.69, 9.17) is 0 Å². The van der Waals surface area contributed by atoms with Crippen LogP contribution in [0.4, 0.5) is 0 Å². The second-order valence-electron chi connectivity index (χ2n) is 3.56. The summed E-state index contributed by atoms with van der Waals surface area (Å²) < 4.78 is 24.8. The van der Waals surface area contributed by atoms with Crippen LogP contribution >= 0.6 is 0 Å². The number of hydrogen-bond acceptors (Lipinski definition) is 3. The summed E-state index contributed by atoms with van der Waals surface area (Å²) in [5, 5.41) is 9.69. The molecule has 0 rings (SSSR count). The fourth-order valence-corrected chi connectivity index (χ4v) is 2.28. The first-order chi connectivity index (χ1) is 6.96. The highest BCUT2D eigenvalue weighted by Crippen LogP contribution is 2.12. The topological polar surface area (TPSA) is 66.4 Å². The lowest BCUT2D eigenvalue weighted by Crippen LogP contribution is -2.36. The zero-order valence-electron chi connectivity index (χ0n) is 9.44. The Kier molecular flexibility index (Phi) is 6.80. The molecule has 0 amide bonds. The molecule has 0 aliphatic heterocycles. The van der Waals surface area contributed by atoms with Gasteiger partial charge in [-0.1, -0.05) is 32.8 Å². The molecule has 1 unspecified atom stereocenters. The summed E-state index contributed by atoms with van der Waals surface area (Å²) in [5.74, 6) is 0.0410. The lowest BCUT2D eigenvalue weighted by molar-refractivity contribution is 0.107. The van der Waals surface area contributed by atoms with Crippen LogP contribution in [0.25, 0.3) is 0 Å². The Morgan fingerprint density at radius 3 is 2.33 bits per heavy atom. The van der Waals surface area contributed by atoms with Crippen molar-refractivity contribution in [3.63, 3.8) is 0 Å². The van der Waals surface area contributed by atoms with Gasteiger partial charge >= 0.3 is 0 Å². The van der Waals surface area contributed by atoms with Crippen LogP contribution in [0.3, 0.4) is 0 Å². The summed E-state index contributed by atoms with van der Waals surface area (Å²) in [4.78, 5) is 0. The van der Waals surface area contributed by atoms with Gasteiger partial charge in [-0.15, -0.1) is 6.58 Å². The zero-order valence-corrected chi connectivity index (χ0v) is 10.3. The standard InChI is InChI=1S/C10H21NO3S/c1-4-7-15(13,14)11-8-10(12)9(5-2)6-3/h4,9-12H,1,5-8H2,2-3H3. The summed E-state index contributed by atoms with van der Waals surface area (Å²) in [7, 11) is -3.30. The lowest BCUT2D eigenvalue weighted by atomic mass is 9.97. The quantitative estimate of drug-likeness (QED) is 0.614. The van der Waals surface area contributed by atoms with Crippen molar-refractivity contribution in [2.24, 2.45) is 5.92 Å². The first-order valence-corrected chi connectivity index (χ1v) is 6.88. The minimum atomic E-state index is -3.30. The van der Waals surface area contributed by atoms with Gasteiger partial charge in [0.15, 0.2) is 0 Å². The molecule has 0 saturated carbocycles. The number of aliphatic hydroxyl groups is 1. The molecule has 0 aliphatic carbocycles. The summed E-state index contributed by atoms with van der Waals surface area (Å²) in [5.41, 5.74) is 0. The van der Waals surface area contributed by atoms with E-state index in [2.05, 4.69) is 11.3 Å². The third kappa shape index (κ3) is 5.92. The summed E-state index contributed by atoms with van der Waals surface area (Å²) in [6, 6.07) is 0. The van der Waals surface area contributed by atoms with E-state index in [1.165, 1.54) is 6.08 Å². The predicted molar refractivity (Wildman–Crippen MR) is 62.1 cm³/mol. The number of hydrogen-bond donors (Lipinski definition) is 2. The first-order valence-electron chi connectivity index (χ1n) is 5.23. The molecule has 0 fully saturated rings. The molecule has 0 aliphatic rings. The molecular formula is C10H21NO3S. The molecule has 1 atom stereocenters. The molecule has 4 nitrogen and oxygen atoms in total. The highest BCUT2D eigenvalue weighted by Gasteiger charge is 2.17. The molecule has 0 aromatic heterocycles. The summed E-state index contributed by atoms with van der Waals surface area (Å²) in [6.45, 7) is 7.41. The Morgan fingerprint density at radius 1 is 1.40 bits per heavy atom. The van der Waals surface area contributed by atoms with Crippen molar-refractivity contribution in [3.05, 3.63) is 12.7 Å². The summed E-state index contributed by atoms with van der Waals surface area (Å²) in [6.07, 6.45) is 2.41. The highest BCUT2D eigenvalue weighted by molar-refractivity contribution is 7.89. The SMILES string of the molecule is C=CCS(=O)(=O)NCC(O)C(CC)CC. The molecule has 0 spiro atoms. The van der Waals surface area contributed by atoms with Crippen molar-refractivity contribution in [1.82, 2.24) is 4.72 Å². The van der Waals surface area contributed by atoms with Crippen molar-refractivity contribution >= 4 is 10.0 Å². The van der Waals surface area contributed by atoms with Gasteiger partial charge in [0.1, 0.15) is 0 Å². The van der Waals surface area contributed by atoms with E-state index in [1.54, 1.807) is 0 Å². The number of nitrogens with one attached hydrogen (secondary N) is 1. The monoisotopic (exact) mass is 235 g/mol. The van der Waals surface area contributed by atoms with Gasteiger partial charge in [0.25, 0.3) is 0 Å². The van der Waals surface area contributed by atoms with Crippen LogP contribution in [0, 0.1) is 5.92 Å².